The highest BCUT2D eigenvalue weighted by Gasteiger charge is 2.15. The second kappa shape index (κ2) is 6.17. The molecular weight excluding hydrogens is 265 g/mol. The number of nitrogens with one attached hydrogen (secondary N) is 1. The van der Waals surface area contributed by atoms with Crippen LogP contribution >= 0.6 is 11.6 Å². The summed E-state index contributed by atoms with van der Waals surface area (Å²) < 4.78 is 15.0. The van der Waals surface area contributed by atoms with Gasteiger partial charge >= 0.3 is 0 Å². The molecule has 1 aromatic heterocycles. The number of nitrogens with zero attached hydrogens (tertiary/aromatic N) is 2. The SMILES string of the molecule is CCn1cc(CC(NC)c2ccc(F)cc2Cl)cn1. The van der Waals surface area contributed by atoms with Crippen LogP contribution in [0.2, 0.25) is 5.02 Å². The van der Waals surface area contributed by atoms with Crippen molar-refractivity contribution in [3.63, 3.8) is 0 Å². The van der Waals surface area contributed by atoms with Crippen LogP contribution in [0, 0.1) is 5.82 Å². The summed E-state index contributed by atoms with van der Waals surface area (Å²) in [6.07, 6.45) is 4.63. The zero-order valence-electron chi connectivity index (χ0n) is 11.0. The second-order valence-electron chi connectivity index (χ2n) is 4.42. The third kappa shape index (κ3) is 3.33. The van der Waals surface area contributed by atoms with E-state index in [4.69, 9.17) is 11.6 Å². The molecule has 0 aliphatic heterocycles. The van der Waals surface area contributed by atoms with Crippen molar-refractivity contribution in [3.05, 3.63) is 52.6 Å². The molecule has 19 heavy (non-hydrogen) atoms. The normalized spacial score (nSPS) is 12.6. The summed E-state index contributed by atoms with van der Waals surface area (Å²) in [5, 5.41) is 7.91. The van der Waals surface area contributed by atoms with Crippen LogP contribution in [-0.2, 0) is 13.0 Å². The number of benzene rings is 1. The minimum Gasteiger partial charge on any atom is -0.313 e. The number of hydrogen-bond acceptors (Lipinski definition) is 2. The molecule has 2 rings (SSSR count). The van der Waals surface area contributed by atoms with Crippen molar-refractivity contribution in [1.29, 1.82) is 0 Å². The van der Waals surface area contributed by atoms with E-state index in [0.29, 0.717) is 5.02 Å². The average Bonchev–Trinajstić information content (AvgIpc) is 2.84. The highest BCUT2D eigenvalue weighted by atomic mass is 35.5. The zero-order valence-corrected chi connectivity index (χ0v) is 11.8. The Morgan fingerprint density at radius 3 is 2.84 bits per heavy atom. The fraction of sp³-hybridized carbons (Fsp3) is 0.357. The van der Waals surface area contributed by atoms with E-state index in [2.05, 4.69) is 10.4 Å². The van der Waals surface area contributed by atoms with E-state index in [1.807, 2.05) is 31.0 Å². The summed E-state index contributed by atoms with van der Waals surface area (Å²) in [4.78, 5) is 0. The van der Waals surface area contributed by atoms with Gasteiger partial charge in [-0.1, -0.05) is 17.7 Å². The summed E-state index contributed by atoms with van der Waals surface area (Å²) in [6.45, 7) is 2.89. The monoisotopic (exact) mass is 281 g/mol. The Kier molecular flexibility index (Phi) is 4.56. The Balaban J connectivity index is 2.19. The molecule has 0 radical (unpaired) electrons. The van der Waals surface area contributed by atoms with Crippen LogP contribution in [-0.4, -0.2) is 16.8 Å². The molecule has 5 heteroatoms. The lowest BCUT2D eigenvalue weighted by Crippen LogP contribution is -2.19. The fourth-order valence-electron chi connectivity index (χ4n) is 2.07. The number of rotatable bonds is 5. The molecule has 1 atom stereocenters. The van der Waals surface area contributed by atoms with Gasteiger partial charge in [-0.05, 0) is 43.7 Å². The van der Waals surface area contributed by atoms with Gasteiger partial charge in [0, 0.05) is 23.8 Å². The fourth-order valence-corrected chi connectivity index (χ4v) is 2.37. The first kappa shape index (κ1) is 14.0. The third-order valence-corrected chi connectivity index (χ3v) is 3.46. The zero-order chi connectivity index (χ0) is 13.8. The van der Waals surface area contributed by atoms with Crippen LogP contribution in [0.5, 0.6) is 0 Å². The van der Waals surface area contributed by atoms with E-state index in [9.17, 15) is 4.39 Å². The third-order valence-electron chi connectivity index (χ3n) is 3.14. The van der Waals surface area contributed by atoms with Crippen molar-refractivity contribution < 1.29 is 4.39 Å². The van der Waals surface area contributed by atoms with Gasteiger partial charge < -0.3 is 5.32 Å². The molecule has 1 N–H and O–H groups in total. The largest absolute Gasteiger partial charge is 0.313 e. The van der Waals surface area contributed by atoms with Gasteiger partial charge in [0.15, 0.2) is 0 Å². The Morgan fingerprint density at radius 1 is 1.47 bits per heavy atom. The number of hydrogen-bond donors (Lipinski definition) is 1. The maximum atomic E-state index is 13.1. The number of halogens is 2. The van der Waals surface area contributed by atoms with Crippen LogP contribution in [0.3, 0.4) is 0 Å². The highest BCUT2D eigenvalue weighted by Crippen LogP contribution is 2.26. The predicted molar refractivity (Wildman–Crippen MR) is 74.8 cm³/mol. The number of aromatic nitrogens is 2. The molecule has 0 bridgehead atoms. The molecule has 0 amide bonds. The lowest BCUT2D eigenvalue weighted by atomic mass is 10.0. The molecule has 0 fully saturated rings. The smallest absolute Gasteiger partial charge is 0.124 e. The lowest BCUT2D eigenvalue weighted by molar-refractivity contribution is 0.585. The van der Waals surface area contributed by atoms with Gasteiger partial charge in [-0.15, -0.1) is 0 Å². The van der Waals surface area contributed by atoms with E-state index in [-0.39, 0.29) is 11.9 Å². The van der Waals surface area contributed by atoms with Gasteiger partial charge in [0.2, 0.25) is 0 Å². The summed E-state index contributed by atoms with van der Waals surface area (Å²) in [5.74, 6) is -0.317. The van der Waals surface area contributed by atoms with E-state index in [0.717, 1.165) is 24.1 Å². The van der Waals surface area contributed by atoms with Crippen LogP contribution in [0.25, 0.3) is 0 Å². The van der Waals surface area contributed by atoms with Gasteiger partial charge in [-0.3, -0.25) is 4.68 Å². The van der Waals surface area contributed by atoms with Gasteiger partial charge in [0.25, 0.3) is 0 Å². The van der Waals surface area contributed by atoms with Gasteiger partial charge in [0.1, 0.15) is 5.82 Å². The molecule has 0 aliphatic carbocycles. The quantitative estimate of drug-likeness (QED) is 0.912. The van der Waals surface area contributed by atoms with Crippen molar-refractivity contribution in [2.75, 3.05) is 7.05 Å². The average molecular weight is 282 g/mol. The molecule has 0 aliphatic rings. The molecule has 0 saturated heterocycles. The Bertz CT molecular complexity index is 553. The summed E-state index contributed by atoms with van der Waals surface area (Å²) in [6, 6.07) is 4.54. The molecule has 0 saturated carbocycles. The summed E-state index contributed by atoms with van der Waals surface area (Å²) >= 11 is 6.10. The van der Waals surface area contributed by atoms with E-state index in [1.54, 1.807) is 6.07 Å². The topological polar surface area (TPSA) is 29.9 Å². The van der Waals surface area contributed by atoms with Crippen LogP contribution < -0.4 is 5.32 Å². The van der Waals surface area contributed by atoms with Crippen molar-refractivity contribution in [1.82, 2.24) is 15.1 Å². The molecule has 1 unspecified atom stereocenters. The van der Waals surface area contributed by atoms with Crippen LogP contribution in [0.15, 0.2) is 30.6 Å². The van der Waals surface area contributed by atoms with E-state index < -0.39 is 0 Å². The molecule has 1 heterocycles. The molecular formula is C14H17ClFN3. The van der Waals surface area contributed by atoms with Gasteiger partial charge in [-0.2, -0.15) is 5.10 Å². The Morgan fingerprint density at radius 2 is 2.26 bits per heavy atom. The second-order valence-corrected chi connectivity index (χ2v) is 4.82. The van der Waals surface area contributed by atoms with Gasteiger partial charge in [0.05, 0.1) is 6.20 Å². The minimum absolute atomic E-state index is 0.0441. The molecule has 102 valence electrons. The van der Waals surface area contributed by atoms with Crippen LogP contribution in [0.4, 0.5) is 4.39 Å². The van der Waals surface area contributed by atoms with Crippen LogP contribution in [0.1, 0.15) is 24.1 Å². The first-order chi connectivity index (χ1) is 9.13. The van der Waals surface area contributed by atoms with Crippen molar-refractivity contribution in [2.24, 2.45) is 0 Å². The molecule has 0 spiro atoms. The molecule has 2 aromatic rings. The maximum absolute atomic E-state index is 13.1. The molecule has 3 nitrogen and oxygen atoms in total. The summed E-state index contributed by atoms with van der Waals surface area (Å²) in [5.41, 5.74) is 2.02. The highest BCUT2D eigenvalue weighted by molar-refractivity contribution is 6.31. The van der Waals surface area contributed by atoms with Crippen molar-refractivity contribution >= 4 is 11.6 Å². The number of likely N-dealkylation sites (N-methyl/N-ethyl adjacent to an activating group) is 1. The Labute approximate surface area is 117 Å². The van der Waals surface area contributed by atoms with E-state index in [1.165, 1.54) is 12.1 Å². The minimum atomic E-state index is -0.317. The first-order valence-electron chi connectivity index (χ1n) is 6.27. The van der Waals surface area contributed by atoms with Crippen molar-refractivity contribution in [2.45, 2.75) is 25.9 Å². The Hall–Kier alpha value is -1.39. The predicted octanol–water partition coefficient (Wildman–Crippen LogP) is 3.20. The standard InChI is InChI=1S/C14H17ClFN3/c1-3-19-9-10(8-18-19)6-14(17-2)12-5-4-11(16)7-13(12)15/h4-5,7-9,14,17H,3,6H2,1-2H3. The number of aryl methyl sites for hydroxylation is 1. The summed E-state index contributed by atoms with van der Waals surface area (Å²) in [7, 11) is 1.87. The van der Waals surface area contributed by atoms with Gasteiger partial charge in [-0.25, -0.2) is 4.39 Å². The molecule has 1 aromatic carbocycles. The lowest BCUT2D eigenvalue weighted by Gasteiger charge is -2.17. The maximum Gasteiger partial charge on any atom is 0.124 e. The van der Waals surface area contributed by atoms with Crippen molar-refractivity contribution in [3.8, 4) is 0 Å². The van der Waals surface area contributed by atoms with E-state index >= 15 is 0 Å². The first-order valence-corrected chi connectivity index (χ1v) is 6.65.